The van der Waals surface area contributed by atoms with E-state index in [0.29, 0.717) is 24.5 Å². The number of ether oxygens (including phenoxy) is 2. The average molecular weight is 520 g/mol. The number of methoxy groups -OCH3 is 2. The topological polar surface area (TPSA) is 98.4 Å². The third kappa shape index (κ3) is 4.50. The van der Waals surface area contributed by atoms with Gasteiger partial charge in [-0.1, -0.05) is 12.1 Å². The molecule has 4 heterocycles. The number of nitrogens with two attached hydrogens (primary N) is 1. The third-order valence-corrected chi connectivity index (χ3v) is 7.24. The molecular formula is C31H29N5O3. The number of nitrogens with one attached hydrogen (secondary N) is 1. The third-order valence-electron chi connectivity index (χ3n) is 7.24. The molecule has 2 aromatic carbocycles. The van der Waals surface area contributed by atoms with Gasteiger partial charge in [0.05, 0.1) is 19.9 Å². The Kier molecular flexibility index (Phi) is 6.28. The normalized spacial score (nSPS) is 14.7. The van der Waals surface area contributed by atoms with Crippen molar-refractivity contribution in [1.29, 1.82) is 0 Å². The zero-order valence-electron chi connectivity index (χ0n) is 21.8. The Morgan fingerprint density at radius 1 is 1.08 bits per heavy atom. The molecule has 0 radical (unpaired) electrons. The summed E-state index contributed by atoms with van der Waals surface area (Å²) in [6, 6.07) is 19.2. The van der Waals surface area contributed by atoms with Gasteiger partial charge in [-0.05, 0) is 48.0 Å². The van der Waals surface area contributed by atoms with Crippen LogP contribution in [0, 0.1) is 0 Å². The highest BCUT2D eigenvalue weighted by atomic mass is 16.5. The molecule has 0 fully saturated rings. The standard InChI is InChI=1S/C31H29N5O3/c1-38-25-10-7-21(30(14-25)39-2)16-35-18-24(12-20-5-8-23(32)9-6-20)36-17-22(13-28(36)29(35)19-37)27-15-34-31-26(27)4-3-11-33-31/h3-11,13-15,17-19,29H,12,16,32H2,1-2H3,(H,33,34). The molecule has 3 aromatic heterocycles. The maximum absolute atomic E-state index is 12.6. The fraction of sp³-hybridized carbons (Fsp3) is 0.161. The van der Waals surface area contributed by atoms with Crippen LogP contribution in [-0.4, -0.2) is 39.9 Å². The second-order valence-electron chi connectivity index (χ2n) is 9.60. The minimum absolute atomic E-state index is 0.482. The molecule has 0 amide bonds. The van der Waals surface area contributed by atoms with E-state index in [2.05, 4.69) is 44.0 Å². The Morgan fingerprint density at radius 3 is 2.69 bits per heavy atom. The quantitative estimate of drug-likeness (QED) is 0.210. The van der Waals surface area contributed by atoms with E-state index >= 15 is 0 Å². The summed E-state index contributed by atoms with van der Waals surface area (Å²) in [5, 5.41) is 1.03. The molecule has 39 heavy (non-hydrogen) atoms. The van der Waals surface area contributed by atoms with E-state index in [4.69, 9.17) is 15.2 Å². The molecule has 196 valence electrons. The lowest BCUT2D eigenvalue weighted by Crippen LogP contribution is -2.31. The van der Waals surface area contributed by atoms with Gasteiger partial charge in [0.25, 0.3) is 0 Å². The molecule has 0 saturated carbocycles. The molecule has 0 saturated heterocycles. The summed E-state index contributed by atoms with van der Waals surface area (Å²) in [6.45, 7) is 0.485. The number of hydrogen-bond acceptors (Lipinski definition) is 6. The second-order valence-corrected chi connectivity index (χ2v) is 9.60. The summed E-state index contributed by atoms with van der Waals surface area (Å²) in [7, 11) is 3.27. The van der Waals surface area contributed by atoms with Crippen LogP contribution in [0.25, 0.3) is 27.9 Å². The molecule has 3 N–H and O–H groups in total. The molecule has 0 bridgehead atoms. The van der Waals surface area contributed by atoms with Gasteiger partial charge in [0.2, 0.25) is 0 Å². The fourth-order valence-corrected chi connectivity index (χ4v) is 5.25. The van der Waals surface area contributed by atoms with Crippen molar-refractivity contribution in [2.75, 3.05) is 20.0 Å². The van der Waals surface area contributed by atoms with E-state index in [1.807, 2.05) is 54.7 Å². The number of nitrogen functional groups attached to an aromatic ring is 1. The number of benzene rings is 2. The van der Waals surface area contributed by atoms with Crippen LogP contribution in [0.5, 0.6) is 11.5 Å². The van der Waals surface area contributed by atoms with E-state index in [-0.39, 0.29) is 0 Å². The predicted molar refractivity (Wildman–Crippen MR) is 152 cm³/mol. The van der Waals surface area contributed by atoms with Crippen molar-refractivity contribution in [3.8, 4) is 22.6 Å². The first-order valence-electron chi connectivity index (χ1n) is 12.7. The number of anilines is 1. The molecule has 6 rings (SSSR count). The van der Waals surface area contributed by atoms with E-state index < -0.39 is 6.04 Å². The number of aldehydes is 1. The first-order valence-corrected chi connectivity index (χ1v) is 12.7. The lowest BCUT2D eigenvalue weighted by Gasteiger charge is -2.34. The SMILES string of the molecule is COc1ccc(CN2C=C(Cc3ccc(N)cc3)n3cc(-c4c[nH]c5ncccc45)cc3C2C=O)c(OC)c1. The van der Waals surface area contributed by atoms with Gasteiger partial charge in [-0.25, -0.2) is 4.98 Å². The number of fused-ring (bicyclic) bond motifs is 2. The Bertz CT molecular complexity index is 1680. The molecule has 1 aliphatic rings. The van der Waals surface area contributed by atoms with Gasteiger partial charge in [-0.2, -0.15) is 0 Å². The molecule has 1 aliphatic heterocycles. The summed E-state index contributed by atoms with van der Waals surface area (Å²) in [5.74, 6) is 1.42. The minimum atomic E-state index is -0.482. The molecule has 1 atom stereocenters. The maximum Gasteiger partial charge on any atom is 0.148 e. The average Bonchev–Trinajstić information content (AvgIpc) is 3.59. The van der Waals surface area contributed by atoms with Crippen LogP contribution in [0.2, 0.25) is 0 Å². The second kappa shape index (κ2) is 10.1. The Hall–Kier alpha value is -4.98. The van der Waals surface area contributed by atoms with E-state index in [0.717, 1.165) is 56.7 Å². The zero-order chi connectivity index (χ0) is 26.9. The summed E-state index contributed by atoms with van der Waals surface area (Å²) >= 11 is 0. The van der Waals surface area contributed by atoms with E-state index in [9.17, 15) is 4.79 Å². The molecule has 0 spiro atoms. The Morgan fingerprint density at radius 2 is 1.92 bits per heavy atom. The molecule has 0 aliphatic carbocycles. The first-order chi connectivity index (χ1) is 19.1. The summed E-state index contributed by atoms with van der Waals surface area (Å²) < 4.78 is 13.2. The van der Waals surface area contributed by atoms with Crippen molar-refractivity contribution in [2.24, 2.45) is 0 Å². The van der Waals surface area contributed by atoms with Crippen LogP contribution in [-0.2, 0) is 17.8 Å². The number of aromatic amines is 1. The monoisotopic (exact) mass is 519 g/mol. The summed E-state index contributed by atoms with van der Waals surface area (Å²) in [4.78, 5) is 22.4. The number of nitrogens with zero attached hydrogens (tertiary/aromatic N) is 3. The highest BCUT2D eigenvalue weighted by molar-refractivity contribution is 5.94. The fourth-order valence-electron chi connectivity index (χ4n) is 5.25. The highest BCUT2D eigenvalue weighted by Gasteiger charge is 2.29. The van der Waals surface area contributed by atoms with Gasteiger partial charge in [0.1, 0.15) is 29.5 Å². The van der Waals surface area contributed by atoms with Crippen molar-refractivity contribution >= 4 is 28.7 Å². The lowest BCUT2D eigenvalue weighted by atomic mass is 10.0. The van der Waals surface area contributed by atoms with Crippen molar-refractivity contribution < 1.29 is 14.3 Å². The maximum atomic E-state index is 12.6. The van der Waals surface area contributed by atoms with Gasteiger partial charge >= 0.3 is 0 Å². The molecule has 8 nitrogen and oxygen atoms in total. The minimum Gasteiger partial charge on any atom is -0.497 e. The van der Waals surface area contributed by atoms with Crippen molar-refractivity contribution in [3.63, 3.8) is 0 Å². The first kappa shape index (κ1) is 24.4. The van der Waals surface area contributed by atoms with Gasteiger partial charge in [-0.3, -0.25) is 0 Å². The lowest BCUT2D eigenvalue weighted by molar-refractivity contribution is -0.112. The number of aromatic nitrogens is 3. The number of H-pyrrole nitrogens is 1. The van der Waals surface area contributed by atoms with Gasteiger partial charge < -0.3 is 34.5 Å². The van der Waals surface area contributed by atoms with E-state index in [1.165, 1.54) is 0 Å². The van der Waals surface area contributed by atoms with Crippen LogP contribution < -0.4 is 15.2 Å². The van der Waals surface area contributed by atoms with Crippen LogP contribution in [0.1, 0.15) is 22.9 Å². The smallest absolute Gasteiger partial charge is 0.148 e. The number of pyridine rings is 1. The predicted octanol–water partition coefficient (Wildman–Crippen LogP) is 5.43. The molecular weight excluding hydrogens is 490 g/mol. The largest absolute Gasteiger partial charge is 0.497 e. The molecule has 8 heteroatoms. The highest BCUT2D eigenvalue weighted by Crippen LogP contribution is 2.38. The Labute approximate surface area is 226 Å². The van der Waals surface area contributed by atoms with Gasteiger partial charge in [0, 0.05) is 77.3 Å². The van der Waals surface area contributed by atoms with Crippen LogP contribution >= 0.6 is 0 Å². The van der Waals surface area contributed by atoms with Crippen LogP contribution in [0.3, 0.4) is 0 Å². The van der Waals surface area contributed by atoms with Crippen molar-refractivity contribution in [1.82, 2.24) is 19.4 Å². The summed E-state index contributed by atoms with van der Waals surface area (Å²) in [6.07, 6.45) is 9.59. The summed E-state index contributed by atoms with van der Waals surface area (Å²) in [5.41, 5.74) is 13.6. The van der Waals surface area contributed by atoms with Crippen molar-refractivity contribution in [2.45, 2.75) is 19.0 Å². The van der Waals surface area contributed by atoms with Crippen molar-refractivity contribution in [3.05, 3.63) is 102 Å². The Balaban J connectivity index is 1.44. The zero-order valence-corrected chi connectivity index (χ0v) is 21.8. The van der Waals surface area contributed by atoms with E-state index in [1.54, 1.807) is 20.4 Å². The van der Waals surface area contributed by atoms with Crippen LogP contribution in [0.15, 0.2) is 85.5 Å². The number of hydrogen-bond donors (Lipinski definition) is 2. The number of allylic oxidation sites excluding steroid dienone is 1. The van der Waals surface area contributed by atoms with Gasteiger partial charge in [-0.15, -0.1) is 0 Å². The number of carbonyl (C=O) groups excluding carboxylic acids is 1. The number of carbonyl (C=O) groups is 1. The molecule has 5 aromatic rings. The number of rotatable bonds is 8. The van der Waals surface area contributed by atoms with Crippen LogP contribution in [0.4, 0.5) is 5.69 Å². The molecule has 1 unspecified atom stereocenters. The van der Waals surface area contributed by atoms with Gasteiger partial charge in [0.15, 0.2) is 0 Å².